The van der Waals surface area contributed by atoms with Crippen LogP contribution in [-0.4, -0.2) is 18.9 Å². The van der Waals surface area contributed by atoms with Crippen molar-refractivity contribution < 1.29 is 14.3 Å². The van der Waals surface area contributed by atoms with Crippen LogP contribution in [0.1, 0.15) is 5.56 Å². The van der Waals surface area contributed by atoms with Crippen molar-refractivity contribution in [1.29, 1.82) is 0 Å². The second-order valence-corrected chi connectivity index (χ2v) is 14.0. The van der Waals surface area contributed by atoms with Gasteiger partial charge in [0.05, 0.1) is 0 Å². The average molecular weight is 477 g/mol. The summed E-state index contributed by atoms with van der Waals surface area (Å²) in [5.74, 6) is -5.55. The zero-order chi connectivity index (χ0) is 23.2. The van der Waals surface area contributed by atoms with Gasteiger partial charge in [-0.2, -0.15) is 0 Å². The molecule has 168 valence electrons. The molecule has 1 unspecified atom stereocenters. The summed E-state index contributed by atoms with van der Waals surface area (Å²) in [6.45, 7) is 0.140. The predicted octanol–water partition coefficient (Wildman–Crippen LogP) is 5.39. The molecule has 0 aliphatic rings. The fourth-order valence-electron chi connectivity index (χ4n) is 4.30. The molecule has 0 aromatic heterocycles. The summed E-state index contributed by atoms with van der Waals surface area (Å²) < 4.78 is 11.8. The molecule has 0 spiro atoms. The Labute approximate surface area is 199 Å². The van der Waals surface area contributed by atoms with E-state index in [4.69, 9.17) is 20.7 Å². The molecule has 0 aliphatic heterocycles. The zero-order valence-corrected chi connectivity index (χ0v) is 20.0. The Kier molecular flexibility index (Phi) is 6.95. The first kappa shape index (κ1) is 23.2. The zero-order valence-electron chi connectivity index (χ0n) is 18.4. The van der Waals surface area contributed by atoms with Gasteiger partial charge in [-0.25, -0.2) is 0 Å². The van der Waals surface area contributed by atoms with Gasteiger partial charge in [-0.3, -0.25) is 0 Å². The Morgan fingerprint density at radius 2 is 1.06 bits per heavy atom. The van der Waals surface area contributed by atoms with Crippen molar-refractivity contribution >= 4 is 39.1 Å². The molecule has 3 nitrogen and oxygen atoms in total. The molecule has 0 fully saturated rings. The molecule has 1 atom stereocenters. The SMILES string of the molecule is COC(C(=O)OCc1ccccc1)P(Cl)(c1ccccc1)(c1ccccc1)c1ccccc1. The van der Waals surface area contributed by atoms with Gasteiger partial charge in [-0.1, -0.05) is 0 Å². The van der Waals surface area contributed by atoms with Gasteiger partial charge in [0.2, 0.25) is 0 Å². The quantitative estimate of drug-likeness (QED) is 0.253. The molecular formula is C28H26ClO3P. The Bertz CT molecular complexity index is 1090. The van der Waals surface area contributed by atoms with E-state index in [2.05, 4.69) is 0 Å². The summed E-state index contributed by atoms with van der Waals surface area (Å²) in [6, 6.07) is 38.9. The first-order chi connectivity index (χ1) is 16.1. The average Bonchev–Trinajstić information content (AvgIpc) is 2.90. The number of hydrogen-bond donors (Lipinski definition) is 0. The molecule has 33 heavy (non-hydrogen) atoms. The van der Waals surface area contributed by atoms with Crippen LogP contribution in [0.15, 0.2) is 121 Å². The van der Waals surface area contributed by atoms with Gasteiger partial charge < -0.3 is 0 Å². The van der Waals surface area contributed by atoms with Crippen molar-refractivity contribution in [1.82, 2.24) is 0 Å². The molecule has 0 heterocycles. The summed E-state index contributed by atoms with van der Waals surface area (Å²) in [7, 11) is 1.52. The van der Waals surface area contributed by atoms with E-state index in [0.717, 1.165) is 21.5 Å². The molecule has 4 rings (SSSR count). The molecule has 0 saturated carbocycles. The summed E-state index contributed by atoms with van der Waals surface area (Å²) >= 11 is 8.02. The number of benzene rings is 4. The van der Waals surface area contributed by atoms with E-state index in [1.54, 1.807) is 0 Å². The standard InChI is InChI=1S/C28H26ClO3P/c1-31-28(27(30)32-22-23-14-6-2-7-15-23)33(29,24-16-8-3-9-17-24,25-18-10-4-11-19-25)26-20-12-5-13-21-26/h2-21,28H,22H2,1H3. The van der Waals surface area contributed by atoms with Crippen LogP contribution in [0, 0.1) is 0 Å². The van der Waals surface area contributed by atoms with Crippen LogP contribution >= 0.6 is 17.2 Å². The van der Waals surface area contributed by atoms with E-state index in [0.29, 0.717) is 0 Å². The third-order valence-electron chi connectivity index (χ3n) is 5.87. The van der Waals surface area contributed by atoms with Crippen LogP contribution in [0.2, 0.25) is 0 Å². The third kappa shape index (κ3) is 4.09. The monoisotopic (exact) mass is 476 g/mol. The van der Waals surface area contributed by atoms with Gasteiger partial charge in [0.15, 0.2) is 0 Å². The summed E-state index contributed by atoms with van der Waals surface area (Å²) in [6.07, 6.45) is 0. The Morgan fingerprint density at radius 1 is 0.697 bits per heavy atom. The molecular weight excluding hydrogens is 451 g/mol. The maximum atomic E-state index is 13.7. The second-order valence-electron chi connectivity index (χ2n) is 7.76. The van der Waals surface area contributed by atoms with E-state index < -0.39 is 17.8 Å². The van der Waals surface area contributed by atoms with Crippen molar-refractivity contribution in [2.24, 2.45) is 0 Å². The van der Waals surface area contributed by atoms with Crippen LogP contribution in [-0.2, 0) is 20.9 Å². The van der Waals surface area contributed by atoms with Crippen LogP contribution < -0.4 is 15.9 Å². The third-order valence-corrected chi connectivity index (χ3v) is 13.4. The number of ether oxygens (including phenoxy) is 2. The number of carbonyl (C=O) groups is 1. The molecule has 5 heteroatoms. The molecule has 0 amide bonds. The van der Waals surface area contributed by atoms with E-state index in [1.807, 2.05) is 121 Å². The normalized spacial score (nSPS) is 13.5. The molecule has 0 saturated heterocycles. The van der Waals surface area contributed by atoms with Crippen LogP contribution in [0.5, 0.6) is 0 Å². The van der Waals surface area contributed by atoms with Crippen molar-refractivity contribution in [2.45, 2.75) is 12.5 Å². The minimum atomic E-state index is -4.00. The van der Waals surface area contributed by atoms with Gasteiger partial charge >= 0.3 is 200 Å². The van der Waals surface area contributed by atoms with E-state index in [1.165, 1.54) is 7.11 Å². The number of halogens is 1. The van der Waals surface area contributed by atoms with Crippen LogP contribution in [0.25, 0.3) is 0 Å². The van der Waals surface area contributed by atoms with E-state index in [-0.39, 0.29) is 6.61 Å². The summed E-state index contributed by atoms with van der Waals surface area (Å²) in [5, 5.41) is 2.52. The molecule has 0 bridgehead atoms. The van der Waals surface area contributed by atoms with Crippen molar-refractivity contribution in [2.75, 3.05) is 7.11 Å². The summed E-state index contributed by atoms with van der Waals surface area (Å²) in [5.41, 5.74) is 0.898. The fourth-order valence-corrected chi connectivity index (χ4v) is 10.6. The Hall–Kier alpha value is -2.97. The summed E-state index contributed by atoms with van der Waals surface area (Å²) in [4.78, 5) is 13.7. The van der Waals surface area contributed by atoms with Crippen LogP contribution in [0.4, 0.5) is 0 Å². The number of carbonyl (C=O) groups excluding carboxylic acids is 1. The van der Waals surface area contributed by atoms with E-state index >= 15 is 0 Å². The fraction of sp³-hybridized carbons (Fsp3) is 0.107. The maximum absolute atomic E-state index is 13.7. The molecule has 0 radical (unpaired) electrons. The number of rotatable bonds is 8. The number of hydrogen-bond acceptors (Lipinski definition) is 3. The van der Waals surface area contributed by atoms with Gasteiger partial charge in [0.1, 0.15) is 0 Å². The van der Waals surface area contributed by atoms with Crippen LogP contribution in [0.3, 0.4) is 0 Å². The van der Waals surface area contributed by atoms with Gasteiger partial charge in [-0.05, 0) is 0 Å². The number of methoxy groups -OCH3 is 1. The predicted molar refractivity (Wildman–Crippen MR) is 138 cm³/mol. The van der Waals surface area contributed by atoms with Crippen molar-refractivity contribution in [3.05, 3.63) is 127 Å². The Balaban J connectivity index is 1.94. The minimum absolute atomic E-state index is 0.140. The molecule has 4 aromatic carbocycles. The van der Waals surface area contributed by atoms with Gasteiger partial charge in [0.25, 0.3) is 0 Å². The van der Waals surface area contributed by atoms with E-state index in [9.17, 15) is 4.79 Å². The molecule has 4 aromatic rings. The number of esters is 1. The first-order valence-electron chi connectivity index (χ1n) is 10.7. The van der Waals surface area contributed by atoms with Gasteiger partial charge in [-0.15, -0.1) is 0 Å². The van der Waals surface area contributed by atoms with Crippen molar-refractivity contribution in [3.63, 3.8) is 0 Å². The topological polar surface area (TPSA) is 35.5 Å². The first-order valence-corrected chi connectivity index (χ1v) is 13.9. The van der Waals surface area contributed by atoms with Gasteiger partial charge in [0, 0.05) is 0 Å². The second kappa shape index (κ2) is 9.89. The van der Waals surface area contributed by atoms with Crippen molar-refractivity contribution in [3.8, 4) is 0 Å². The molecule has 0 N–H and O–H groups in total. The Morgan fingerprint density at radius 3 is 1.42 bits per heavy atom. The molecule has 0 aliphatic carbocycles.